The molecule has 1 aromatic carbocycles. The third kappa shape index (κ3) is 4.99. The Bertz CT molecular complexity index is 621. The number of hydrogen-bond acceptors (Lipinski definition) is 4. The highest BCUT2D eigenvalue weighted by Crippen LogP contribution is 2.29. The quantitative estimate of drug-likeness (QED) is 0.446. The summed E-state index contributed by atoms with van der Waals surface area (Å²) in [5, 5.41) is 16.8. The number of imide groups is 1. The summed E-state index contributed by atoms with van der Waals surface area (Å²) in [6.07, 6.45) is -2.67. The van der Waals surface area contributed by atoms with Crippen LogP contribution in [-0.2, 0) is 0 Å². The molecule has 0 fully saturated rings. The zero-order valence-corrected chi connectivity index (χ0v) is 13.2. The molecule has 9 heteroatoms. The summed E-state index contributed by atoms with van der Waals surface area (Å²) in [6.45, 7) is 7.62. The van der Waals surface area contributed by atoms with E-state index in [9.17, 15) is 9.59 Å². The number of rotatable bonds is 0. The van der Waals surface area contributed by atoms with Gasteiger partial charge >= 0.3 is 12.2 Å². The van der Waals surface area contributed by atoms with Crippen molar-refractivity contribution in [2.24, 2.45) is 11.5 Å². The largest absolute Gasteiger partial charge is 0.465 e. The van der Waals surface area contributed by atoms with Crippen molar-refractivity contribution in [3.63, 3.8) is 0 Å². The SMILES string of the molecule is Cc1c(C)c2c(C)c(c1C)C(=O)NC2=O.NC(=O)O.NC(=O)O. The van der Waals surface area contributed by atoms with Gasteiger partial charge < -0.3 is 21.7 Å². The third-order valence-electron chi connectivity index (χ3n) is 3.31. The van der Waals surface area contributed by atoms with Crippen molar-refractivity contribution < 1.29 is 29.4 Å². The summed E-state index contributed by atoms with van der Waals surface area (Å²) in [5.41, 5.74) is 13.2. The first-order valence-corrected chi connectivity index (χ1v) is 6.34. The maximum absolute atomic E-state index is 11.6. The van der Waals surface area contributed by atoms with Gasteiger partial charge in [0.15, 0.2) is 0 Å². The highest BCUT2D eigenvalue weighted by Gasteiger charge is 2.29. The molecule has 2 rings (SSSR count). The fourth-order valence-electron chi connectivity index (χ4n) is 2.25. The Morgan fingerprint density at radius 3 is 1.26 bits per heavy atom. The third-order valence-corrected chi connectivity index (χ3v) is 3.31. The fraction of sp³-hybridized carbons (Fsp3) is 0.286. The first kappa shape index (κ1) is 19.9. The van der Waals surface area contributed by atoms with Crippen molar-refractivity contribution in [2.75, 3.05) is 0 Å². The van der Waals surface area contributed by atoms with Gasteiger partial charge in [-0.3, -0.25) is 14.9 Å². The molecule has 0 radical (unpaired) electrons. The summed E-state index contributed by atoms with van der Waals surface area (Å²) < 4.78 is 0. The van der Waals surface area contributed by atoms with Gasteiger partial charge in [0.05, 0.1) is 0 Å². The minimum absolute atomic E-state index is 0.273. The normalized spacial score (nSPS) is 11.3. The zero-order chi connectivity index (χ0) is 18.5. The Kier molecular flexibility index (Phi) is 6.73. The van der Waals surface area contributed by atoms with E-state index in [1.165, 1.54) is 0 Å². The summed E-state index contributed by atoms with van der Waals surface area (Å²) in [4.78, 5) is 40.8. The smallest absolute Gasteiger partial charge is 0.402 e. The Balaban J connectivity index is 0.000000509. The Morgan fingerprint density at radius 1 is 0.739 bits per heavy atom. The predicted molar refractivity (Wildman–Crippen MR) is 81.6 cm³/mol. The van der Waals surface area contributed by atoms with Gasteiger partial charge in [-0.25, -0.2) is 9.59 Å². The molecule has 0 saturated heterocycles. The van der Waals surface area contributed by atoms with Gasteiger partial charge in [-0.1, -0.05) is 0 Å². The van der Waals surface area contributed by atoms with E-state index in [0.29, 0.717) is 11.1 Å². The fourth-order valence-corrected chi connectivity index (χ4v) is 2.25. The Labute approximate surface area is 132 Å². The lowest BCUT2D eigenvalue weighted by Crippen LogP contribution is -2.38. The highest BCUT2D eigenvalue weighted by atomic mass is 16.4. The number of carboxylic acid groups (broad SMARTS) is 2. The van der Waals surface area contributed by atoms with Gasteiger partial charge in [0.1, 0.15) is 0 Å². The number of benzene rings is 1. The van der Waals surface area contributed by atoms with Crippen molar-refractivity contribution in [1.29, 1.82) is 0 Å². The van der Waals surface area contributed by atoms with E-state index < -0.39 is 12.2 Å². The number of amides is 4. The summed E-state index contributed by atoms with van der Waals surface area (Å²) in [6, 6.07) is 0. The van der Waals surface area contributed by atoms with Gasteiger partial charge in [0.2, 0.25) is 0 Å². The number of fused-ring (bicyclic) bond motifs is 2. The van der Waals surface area contributed by atoms with E-state index in [4.69, 9.17) is 19.8 Å². The molecular weight excluding hydrogens is 306 g/mol. The van der Waals surface area contributed by atoms with E-state index in [2.05, 4.69) is 16.8 Å². The van der Waals surface area contributed by atoms with E-state index in [1.807, 2.05) is 27.7 Å². The van der Waals surface area contributed by atoms with Crippen LogP contribution in [0.15, 0.2) is 0 Å². The van der Waals surface area contributed by atoms with Crippen molar-refractivity contribution in [3.8, 4) is 0 Å². The second-order valence-corrected chi connectivity index (χ2v) is 4.71. The van der Waals surface area contributed by atoms with Crippen LogP contribution in [0.5, 0.6) is 0 Å². The molecule has 0 spiro atoms. The summed E-state index contributed by atoms with van der Waals surface area (Å²) >= 11 is 0. The van der Waals surface area contributed by atoms with Gasteiger partial charge in [0.25, 0.3) is 11.8 Å². The molecule has 1 aliphatic heterocycles. The van der Waals surface area contributed by atoms with E-state index in [0.717, 1.165) is 22.3 Å². The lowest BCUT2D eigenvalue weighted by Gasteiger charge is -2.23. The van der Waals surface area contributed by atoms with Crippen molar-refractivity contribution >= 4 is 24.0 Å². The first-order valence-electron chi connectivity index (χ1n) is 6.34. The molecule has 7 N–H and O–H groups in total. The first-order chi connectivity index (χ1) is 10.4. The molecule has 1 heterocycles. The number of nitrogens with one attached hydrogen (secondary N) is 1. The zero-order valence-electron chi connectivity index (χ0n) is 13.2. The Morgan fingerprint density at radius 2 is 1.00 bits per heavy atom. The van der Waals surface area contributed by atoms with Crippen LogP contribution in [-0.4, -0.2) is 34.2 Å². The molecule has 1 aromatic rings. The molecule has 4 amide bonds. The van der Waals surface area contributed by atoms with Crippen LogP contribution in [0.25, 0.3) is 0 Å². The molecule has 0 aromatic heterocycles. The summed E-state index contributed by atoms with van der Waals surface area (Å²) in [7, 11) is 0. The van der Waals surface area contributed by atoms with Crippen LogP contribution in [0.4, 0.5) is 9.59 Å². The molecular formula is C14H19N3O6. The number of carbonyl (C=O) groups excluding carboxylic acids is 2. The maximum Gasteiger partial charge on any atom is 0.402 e. The Hall–Kier alpha value is -3.10. The van der Waals surface area contributed by atoms with Gasteiger partial charge in [-0.2, -0.15) is 0 Å². The molecule has 2 bridgehead atoms. The monoisotopic (exact) mass is 325 g/mol. The molecule has 1 aliphatic rings. The summed E-state index contributed by atoms with van der Waals surface area (Å²) in [5.74, 6) is -0.545. The molecule has 0 saturated carbocycles. The van der Waals surface area contributed by atoms with Crippen molar-refractivity contribution in [2.45, 2.75) is 27.7 Å². The van der Waals surface area contributed by atoms with Crippen molar-refractivity contribution in [1.82, 2.24) is 5.32 Å². The van der Waals surface area contributed by atoms with Crippen molar-refractivity contribution in [3.05, 3.63) is 33.4 Å². The van der Waals surface area contributed by atoms with Crippen LogP contribution in [0.1, 0.15) is 43.0 Å². The van der Waals surface area contributed by atoms with Gasteiger partial charge in [0, 0.05) is 11.1 Å². The number of carbonyl (C=O) groups is 4. The van der Waals surface area contributed by atoms with Gasteiger partial charge in [-0.15, -0.1) is 0 Å². The average molecular weight is 325 g/mol. The number of primary amides is 2. The molecule has 9 nitrogen and oxygen atoms in total. The average Bonchev–Trinajstić information content (AvgIpc) is 2.34. The van der Waals surface area contributed by atoms with E-state index in [1.54, 1.807) is 0 Å². The molecule has 23 heavy (non-hydrogen) atoms. The van der Waals surface area contributed by atoms with E-state index in [-0.39, 0.29) is 11.8 Å². The highest BCUT2D eigenvalue weighted by molar-refractivity contribution is 6.17. The lowest BCUT2D eigenvalue weighted by molar-refractivity contribution is 0.0837. The topological polar surface area (TPSA) is 173 Å². The standard InChI is InChI=1S/C12H13NO2.2CH3NO2/c1-5-6(2)9-8(4)10(7(5)3)12(15)13-11(9)14;2*2-1(3)4/h1-4H3,(H,13,14,15);2*2H2,(H,3,4). The maximum atomic E-state index is 11.6. The lowest BCUT2D eigenvalue weighted by atomic mass is 9.86. The minimum Gasteiger partial charge on any atom is -0.465 e. The minimum atomic E-state index is -1.33. The molecule has 0 atom stereocenters. The number of nitrogens with two attached hydrogens (primary N) is 2. The number of hydrogen-bond donors (Lipinski definition) is 5. The second kappa shape index (κ2) is 7.78. The van der Waals surface area contributed by atoms with E-state index >= 15 is 0 Å². The molecule has 126 valence electrons. The van der Waals surface area contributed by atoms with Crippen LogP contribution in [0, 0.1) is 27.7 Å². The van der Waals surface area contributed by atoms with Crippen LogP contribution >= 0.6 is 0 Å². The molecule has 0 unspecified atom stereocenters. The predicted octanol–water partition coefficient (Wildman–Crippen LogP) is 1.05. The van der Waals surface area contributed by atoms with Gasteiger partial charge in [-0.05, 0) is 49.9 Å². The van der Waals surface area contributed by atoms with Crippen LogP contribution in [0.3, 0.4) is 0 Å². The second-order valence-electron chi connectivity index (χ2n) is 4.71. The molecule has 0 aliphatic carbocycles. The van der Waals surface area contributed by atoms with Crippen LogP contribution < -0.4 is 16.8 Å². The van der Waals surface area contributed by atoms with Crippen LogP contribution in [0.2, 0.25) is 0 Å².